The van der Waals surface area contributed by atoms with Crippen molar-refractivity contribution in [2.75, 3.05) is 20.8 Å². The van der Waals surface area contributed by atoms with Crippen LogP contribution in [0.15, 0.2) is 71.7 Å². The van der Waals surface area contributed by atoms with Crippen molar-refractivity contribution in [1.82, 2.24) is 4.90 Å². The van der Waals surface area contributed by atoms with E-state index in [0.29, 0.717) is 22.3 Å². The molecule has 3 aromatic rings. The van der Waals surface area contributed by atoms with Crippen LogP contribution in [-0.4, -0.2) is 50.5 Å². The molecule has 190 valence electrons. The highest BCUT2D eigenvalue weighted by atomic mass is 32.2. The molecule has 1 heterocycles. The maximum Gasteiger partial charge on any atom is 0.274 e. The van der Waals surface area contributed by atoms with Gasteiger partial charge >= 0.3 is 0 Å². The van der Waals surface area contributed by atoms with Gasteiger partial charge in [0.2, 0.25) is 0 Å². The highest BCUT2D eigenvalue weighted by Crippen LogP contribution is 2.41. The first kappa shape index (κ1) is 26.0. The number of hydrogen-bond donors (Lipinski definition) is 2. The average Bonchev–Trinajstić information content (AvgIpc) is 3.12. The molecule has 1 aliphatic rings. The van der Waals surface area contributed by atoms with E-state index in [9.17, 15) is 27.4 Å². The van der Waals surface area contributed by atoms with Gasteiger partial charge in [0.1, 0.15) is 17.1 Å². The Morgan fingerprint density at radius 2 is 1.81 bits per heavy atom. The van der Waals surface area contributed by atoms with Gasteiger partial charge in [-0.1, -0.05) is 48.5 Å². The van der Waals surface area contributed by atoms with Crippen molar-refractivity contribution in [2.24, 2.45) is 10.7 Å². The summed E-state index contributed by atoms with van der Waals surface area (Å²) in [5, 5.41) is 7.90. The van der Waals surface area contributed by atoms with Crippen molar-refractivity contribution in [3.8, 4) is 17.2 Å². The fraction of sp³-hybridized carbons (Fsp3) is 0.192. The fourth-order valence-corrected chi connectivity index (χ4v) is 5.15. The molecule has 0 bridgehead atoms. The van der Waals surface area contributed by atoms with E-state index < -0.39 is 32.6 Å². The van der Waals surface area contributed by atoms with Gasteiger partial charge in [0, 0.05) is 14.2 Å². The van der Waals surface area contributed by atoms with Crippen molar-refractivity contribution in [3.63, 3.8) is 0 Å². The normalized spacial score (nSPS) is 18.4. The maximum absolute atomic E-state index is 13.9. The standard InChI is InChI=1S/C26H23FN4O5S/c1-31-24(32)26(30-25(31)29,20-9-6-16(7-10-20)23(15-36-2)37(33,34)35)21-5-3-4-17(13-21)18-8-11-22(27)19(12-18)14-28/h3-13,23H,15H2,1-2H3,(H2,29,30)(H,33,34,35). The number of halogens is 1. The molecule has 2 atom stereocenters. The molecule has 3 N–H and O–H groups in total. The number of hydrogen-bond acceptors (Lipinski definition) is 7. The lowest BCUT2D eigenvalue weighted by Crippen LogP contribution is -2.41. The minimum Gasteiger partial charge on any atom is -0.383 e. The second-order valence-corrected chi connectivity index (χ2v) is 10.1. The number of aliphatic imine (C=N–C) groups is 1. The van der Waals surface area contributed by atoms with Gasteiger partial charge in [0.25, 0.3) is 16.0 Å². The Bertz CT molecular complexity index is 1550. The minimum atomic E-state index is -4.45. The third kappa shape index (κ3) is 4.58. The van der Waals surface area contributed by atoms with Crippen LogP contribution in [0.5, 0.6) is 0 Å². The van der Waals surface area contributed by atoms with Gasteiger partial charge in [-0.25, -0.2) is 9.38 Å². The molecule has 11 heteroatoms. The first-order valence-corrected chi connectivity index (χ1v) is 12.5. The van der Waals surface area contributed by atoms with E-state index >= 15 is 0 Å². The first-order chi connectivity index (χ1) is 17.5. The molecular weight excluding hydrogens is 499 g/mol. The predicted octanol–water partition coefficient (Wildman–Crippen LogP) is 2.97. The summed E-state index contributed by atoms with van der Waals surface area (Å²) in [6, 6.07) is 18.9. The van der Waals surface area contributed by atoms with Gasteiger partial charge in [-0.05, 0) is 46.0 Å². The van der Waals surface area contributed by atoms with Crippen molar-refractivity contribution >= 4 is 22.0 Å². The van der Waals surface area contributed by atoms with E-state index in [4.69, 9.17) is 10.5 Å². The summed E-state index contributed by atoms with van der Waals surface area (Å²) < 4.78 is 52.2. The van der Waals surface area contributed by atoms with E-state index in [1.165, 1.54) is 49.4 Å². The lowest BCUT2D eigenvalue weighted by molar-refractivity contribution is -0.129. The van der Waals surface area contributed by atoms with E-state index in [-0.39, 0.29) is 23.7 Å². The number of nitriles is 1. The van der Waals surface area contributed by atoms with E-state index in [1.807, 2.05) is 6.07 Å². The number of nitrogens with two attached hydrogens (primary N) is 1. The highest BCUT2D eigenvalue weighted by Gasteiger charge is 2.49. The Kier molecular flexibility index (Phi) is 6.84. The minimum absolute atomic E-state index is 0.0109. The number of nitrogens with zero attached hydrogens (tertiary/aromatic N) is 3. The topological polar surface area (TPSA) is 146 Å². The van der Waals surface area contributed by atoms with Crippen LogP contribution in [0.4, 0.5) is 4.39 Å². The number of guanidine groups is 1. The second-order valence-electron chi connectivity index (χ2n) is 8.51. The quantitative estimate of drug-likeness (QED) is 0.454. The monoisotopic (exact) mass is 522 g/mol. The molecule has 0 spiro atoms. The van der Waals surface area contributed by atoms with Crippen LogP contribution in [0.2, 0.25) is 0 Å². The summed E-state index contributed by atoms with van der Waals surface area (Å²) in [6.45, 7) is -0.263. The lowest BCUT2D eigenvalue weighted by atomic mass is 9.81. The van der Waals surface area contributed by atoms with Crippen LogP contribution in [-0.2, 0) is 25.2 Å². The average molecular weight is 523 g/mol. The van der Waals surface area contributed by atoms with Gasteiger partial charge in [0.05, 0.1) is 12.2 Å². The number of methoxy groups -OCH3 is 1. The van der Waals surface area contributed by atoms with Gasteiger partial charge in [-0.3, -0.25) is 14.2 Å². The molecule has 37 heavy (non-hydrogen) atoms. The van der Waals surface area contributed by atoms with Crippen LogP contribution in [0.1, 0.15) is 27.5 Å². The number of likely N-dealkylation sites (N-methyl/N-ethyl adjacent to an activating group) is 1. The number of carbonyl (C=O) groups excluding carboxylic acids is 1. The summed E-state index contributed by atoms with van der Waals surface area (Å²) in [7, 11) is -1.64. The van der Waals surface area contributed by atoms with E-state index in [2.05, 4.69) is 4.99 Å². The summed E-state index contributed by atoms with van der Waals surface area (Å²) in [4.78, 5) is 19.3. The Morgan fingerprint density at radius 1 is 1.14 bits per heavy atom. The molecule has 0 radical (unpaired) electrons. The Hall–Kier alpha value is -4.11. The predicted molar refractivity (Wildman–Crippen MR) is 134 cm³/mol. The van der Waals surface area contributed by atoms with Gasteiger partial charge < -0.3 is 10.5 Å². The van der Waals surface area contributed by atoms with Crippen LogP contribution >= 0.6 is 0 Å². The number of benzene rings is 3. The maximum atomic E-state index is 13.9. The zero-order valence-electron chi connectivity index (χ0n) is 19.9. The molecule has 0 aliphatic carbocycles. The van der Waals surface area contributed by atoms with Crippen molar-refractivity contribution in [3.05, 3.63) is 94.8 Å². The molecule has 1 aliphatic heterocycles. The number of rotatable bonds is 7. The zero-order chi connectivity index (χ0) is 27.0. The Labute approximate surface area is 213 Å². The van der Waals surface area contributed by atoms with Gasteiger partial charge in [-0.15, -0.1) is 0 Å². The SMILES string of the molecule is COCC(c1ccc(C2(c3cccc(-c4ccc(F)c(C#N)c4)c3)N=C(N)N(C)C2=O)cc1)S(=O)(=O)O. The summed E-state index contributed by atoms with van der Waals surface area (Å²) in [5.41, 5.74) is 6.67. The van der Waals surface area contributed by atoms with Crippen molar-refractivity contribution in [1.29, 1.82) is 5.26 Å². The molecule has 0 saturated heterocycles. The summed E-state index contributed by atoms with van der Waals surface area (Å²) in [6.07, 6.45) is 0. The Morgan fingerprint density at radius 3 is 2.38 bits per heavy atom. The van der Waals surface area contributed by atoms with E-state index in [1.54, 1.807) is 36.4 Å². The fourth-order valence-electron chi connectivity index (χ4n) is 4.34. The van der Waals surface area contributed by atoms with Crippen LogP contribution in [0.25, 0.3) is 11.1 Å². The molecule has 0 aromatic heterocycles. The smallest absolute Gasteiger partial charge is 0.274 e. The number of carbonyl (C=O) groups is 1. The van der Waals surface area contributed by atoms with Crippen molar-refractivity contribution < 1.29 is 26.9 Å². The molecule has 2 unspecified atom stereocenters. The molecular formula is C26H23FN4O5S. The van der Waals surface area contributed by atoms with Crippen LogP contribution in [0, 0.1) is 17.1 Å². The number of ether oxygens (including phenoxy) is 1. The number of amides is 1. The lowest BCUT2D eigenvalue weighted by Gasteiger charge is -2.27. The zero-order valence-corrected chi connectivity index (χ0v) is 20.7. The molecule has 9 nitrogen and oxygen atoms in total. The summed E-state index contributed by atoms with van der Waals surface area (Å²) >= 11 is 0. The largest absolute Gasteiger partial charge is 0.383 e. The second kappa shape index (κ2) is 9.74. The molecule has 1 amide bonds. The molecule has 4 rings (SSSR count). The molecule has 0 saturated carbocycles. The Balaban J connectivity index is 1.87. The van der Waals surface area contributed by atoms with Crippen LogP contribution in [0.3, 0.4) is 0 Å². The van der Waals surface area contributed by atoms with Crippen molar-refractivity contribution in [2.45, 2.75) is 10.8 Å². The third-order valence-electron chi connectivity index (χ3n) is 6.32. The van der Waals surface area contributed by atoms with Gasteiger partial charge in [0.15, 0.2) is 11.5 Å². The van der Waals surface area contributed by atoms with Crippen LogP contribution < -0.4 is 5.73 Å². The van der Waals surface area contributed by atoms with E-state index in [0.717, 1.165) is 0 Å². The first-order valence-electron chi connectivity index (χ1n) is 11.0. The molecule has 3 aromatic carbocycles. The molecule has 0 fully saturated rings. The third-order valence-corrected chi connectivity index (χ3v) is 7.45. The highest BCUT2D eigenvalue weighted by molar-refractivity contribution is 7.86. The van der Waals surface area contributed by atoms with Gasteiger partial charge in [-0.2, -0.15) is 13.7 Å². The summed E-state index contributed by atoms with van der Waals surface area (Å²) in [5.74, 6) is -1.08.